The molecule has 1 aliphatic rings. The fourth-order valence-corrected chi connectivity index (χ4v) is 3.52. The van der Waals surface area contributed by atoms with E-state index in [-0.39, 0.29) is 30.7 Å². The van der Waals surface area contributed by atoms with E-state index >= 15 is 0 Å². The van der Waals surface area contributed by atoms with Gasteiger partial charge in [0.25, 0.3) is 11.8 Å². The summed E-state index contributed by atoms with van der Waals surface area (Å²) >= 11 is 3.32. The van der Waals surface area contributed by atoms with Gasteiger partial charge in [-0.3, -0.25) is 19.3 Å². The van der Waals surface area contributed by atoms with Crippen molar-refractivity contribution in [3.05, 3.63) is 57.6 Å². The molecule has 152 valence electrons. The molecule has 3 amide bonds. The lowest BCUT2D eigenvalue weighted by atomic mass is 10.1. The third-order valence-corrected chi connectivity index (χ3v) is 5.16. The standard InChI is InChI=1S/C22H23BrN2O4/c1-3-11-29-16-7-9-19(14(2)12-16)24-20(26)5-4-10-25-21(27)17-8-6-15(23)13-18(17)22(25)28/h6-9,12-13H,3-5,10-11H2,1-2H3,(H,24,26). The van der Waals surface area contributed by atoms with Crippen molar-refractivity contribution in [2.24, 2.45) is 0 Å². The van der Waals surface area contributed by atoms with Crippen LogP contribution >= 0.6 is 15.9 Å². The first kappa shape index (κ1) is 21.0. The molecule has 2 aromatic rings. The van der Waals surface area contributed by atoms with Gasteiger partial charge in [0, 0.05) is 23.1 Å². The normalized spacial score (nSPS) is 12.9. The molecule has 0 saturated heterocycles. The molecule has 0 aliphatic carbocycles. The minimum Gasteiger partial charge on any atom is -0.494 e. The van der Waals surface area contributed by atoms with Crippen LogP contribution in [0.4, 0.5) is 5.69 Å². The molecule has 1 heterocycles. The highest BCUT2D eigenvalue weighted by Crippen LogP contribution is 2.26. The number of hydrogen-bond acceptors (Lipinski definition) is 4. The molecule has 0 unspecified atom stereocenters. The Morgan fingerprint density at radius 2 is 1.86 bits per heavy atom. The number of rotatable bonds is 8. The molecule has 6 nitrogen and oxygen atoms in total. The van der Waals surface area contributed by atoms with E-state index in [4.69, 9.17) is 4.74 Å². The number of halogens is 1. The van der Waals surface area contributed by atoms with Crippen LogP contribution in [0, 0.1) is 6.92 Å². The van der Waals surface area contributed by atoms with Crippen molar-refractivity contribution >= 4 is 39.3 Å². The Hall–Kier alpha value is -2.67. The molecular formula is C22H23BrN2O4. The number of aryl methyl sites for hydroxylation is 1. The number of nitrogens with zero attached hydrogens (tertiary/aromatic N) is 1. The van der Waals surface area contributed by atoms with Crippen LogP contribution in [0.2, 0.25) is 0 Å². The molecule has 3 rings (SSSR count). The van der Waals surface area contributed by atoms with Crippen molar-refractivity contribution in [3.63, 3.8) is 0 Å². The number of carbonyl (C=O) groups excluding carboxylic acids is 3. The van der Waals surface area contributed by atoms with E-state index in [2.05, 4.69) is 21.2 Å². The first-order chi connectivity index (χ1) is 13.9. The van der Waals surface area contributed by atoms with Gasteiger partial charge in [-0.15, -0.1) is 0 Å². The quantitative estimate of drug-likeness (QED) is 0.588. The van der Waals surface area contributed by atoms with Gasteiger partial charge in [-0.05, 0) is 61.7 Å². The summed E-state index contributed by atoms with van der Waals surface area (Å²) in [6.07, 6.45) is 1.54. The van der Waals surface area contributed by atoms with Crippen LogP contribution in [0.3, 0.4) is 0 Å². The lowest BCUT2D eigenvalue weighted by molar-refractivity contribution is -0.116. The Kier molecular flexibility index (Phi) is 6.69. The average molecular weight is 459 g/mol. The highest BCUT2D eigenvalue weighted by molar-refractivity contribution is 9.10. The van der Waals surface area contributed by atoms with Crippen molar-refractivity contribution in [1.29, 1.82) is 0 Å². The second kappa shape index (κ2) is 9.22. The summed E-state index contributed by atoms with van der Waals surface area (Å²) in [5.41, 5.74) is 2.45. The monoisotopic (exact) mass is 458 g/mol. The fraction of sp³-hybridized carbons (Fsp3) is 0.318. The van der Waals surface area contributed by atoms with Crippen LogP contribution in [0.25, 0.3) is 0 Å². The molecule has 0 fully saturated rings. The third-order valence-electron chi connectivity index (χ3n) is 4.66. The van der Waals surface area contributed by atoms with Gasteiger partial charge >= 0.3 is 0 Å². The number of imide groups is 1. The molecule has 0 bridgehead atoms. The molecule has 0 spiro atoms. The Balaban J connectivity index is 1.52. The first-order valence-corrected chi connectivity index (χ1v) is 10.4. The average Bonchev–Trinajstić information content (AvgIpc) is 2.92. The smallest absolute Gasteiger partial charge is 0.261 e. The predicted octanol–water partition coefficient (Wildman–Crippen LogP) is 4.56. The molecular weight excluding hydrogens is 436 g/mol. The Morgan fingerprint density at radius 3 is 2.59 bits per heavy atom. The number of benzene rings is 2. The summed E-state index contributed by atoms with van der Waals surface area (Å²) in [6, 6.07) is 10.6. The fourth-order valence-electron chi connectivity index (χ4n) is 3.16. The zero-order valence-corrected chi connectivity index (χ0v) is 18.0. The number of carbonyl (C=O) groups is 3. The van der Waals surface area contributed by atoms with Crippen LogP contribution in [0.5, 0.6) is 5.75 Å². The summed E-state index contributed by atoms with van der Waals surface area (Å²) in [5, 5.41) is 2.88. The molecule has 0 aromatic heterocycles. The maximum atomic E-state index is 12.4. The molecule has 0 saturated carbocycles. The van der Waals surface area contributed by atoms with Gasteiger partial charge in [0.15, 0.2) is 0 Å². The van der Waals surface area contributed by atoms with Gasteiger partial charge in [-0.1, -0.05) is 22.9 Å². The third kappa shape index (κ3) is 4.85. The van der Waals surface area contributed by atoms with Crippen molar-refractivity contribution in [3.8, 4) is 5.75 Å². The topological polar surface area (TPSA) is 75.7 Å². The zero-order chi connectivity index (χ0) is 21.0. The van der Waals surface area contributed by atoms with Crippen LogP contribution in [0.1, 0.15) is 52.5 Å². The molecule has 2 aromatic carbocycles. The number of fused-ring (bicyclic) bond motifs is 1. The van der Waals surface area contributed by atoms with Gasteiger partial charge in [0.1, 0.15) is 5.75 Å². The minimum absolute atomic E-state index is 0.158. The highest BCUT2D eigenvalue weighted by atomic mass is 79.9. The molecule has 1 N–H and O–H groups in total. The van der Waals surface area contributed by atoms with E-state index in [0.29, 0.717) is 24.2 Å². The predicted molar refractivity (Wildman–Crippen MR) is 114 cm³/mol. The molecule has 7 heteroatoms. The van der Waals surface area contributed by atoms with Gasteiger partial charge in [-0.2, -0.15) is 0 Å². The summed E-state index contributed by atoms with van der Waals surface area (Å²) in [7, 11) is 0. The van der Waals surface area contributed by atoms with Crippen molar-refractivity contribution < 1.29 is 19.1 Å². The lowest BCUT2D eigenvalue weighted by Gasteiger charge is -2.14. The van der Waals surface area contributed by atoms with Crippen LogP contribution in [0.15, 0.2) is 40.9 Å². The number of anilines is 1. The van der Waals surface area contributed by atoms with Crippen LogP contribution < -0.4 is 10.1 Å². The van der Waals surface area contributed by atoms with E-state index < -0.39 is 0 Å². The Morgan fingerprint density at radius 1 is 1.10 bits per heavy atom. The van der Waals surface area contributed by atoms with E-state index in [1.54, 1.807) is 18.2 Å². The van der Waals surface area contributed by atoms with Gasteiger partial charge in [0.2, 0.25) is 5.91 Å². The van der Waals surface area contributed by atoms with Crippen LogP contribution in [-0.2, 0) is 4.79 Å². The van der Waals surface area contributed by atoms with Gasteiger partial charge < -0.3 is 10.1 Å². The van der Waals surface area contributed by atoms with E-state index in [9.17, 15) is 14.4 Å². The second-order valence-electron chi connectivity index (χ2n) is 6.93. The lowest BCUT2D eigenvalue weighted by Crippen LogP contribution is -2.31. The first-order valence-electron chi connectivity index (χ1n) is 9.59. The van der Waals surface area contributed by atoms with Gasteiger partial charge in [-0.25, -0.2) is 0 Å². The van der Waals surface area contributed by atoms with Crippen molar-refractivity contribution in [1.82, 2.24) is 4.90 Å². The summed E-state index contributed by atoms with van der Waals surface area (Å²) in [4.78, 5) is 38.4. The molecule has 0 radical (unpaired) electrons. The maximum absolute atomic E-state index is 12.4. The zero-order valence-electron chi connectivity index (χ0n) is 16.5. The number of ether oxygens (including phenoxy) is 1. The molecule has 1 aliphatic heterocycles. The Bertz CT molecular complexity index is 958. The largest absolute Gasteiger partial charge is 0.494 e. The number of nitrogens with one attached hydrogen (secondary N) is 1. The SMILES string of the molecule is CCCOc1ccc(NC(=O)CCCN2C(=O)c3ccc(Br)cc3C2=O)c(C)c1. The van der Waals surface area contributed by atoms with E-state index in [1.807, 2.05) is 32.0 Å². The Labute approximate surface area is 178 Å². The molecule has 0 atom stereocenters. The van der Waals surface area contributed by atoms with E-state index in [0.717, 1.165) is 27.9 Å². The van der Waals surface area contributed by atoms with Gasteiger partial charge in [0.05, 0.1) is 17.7 Å². The highest BCUT2D eigenvalue weighted by Gasteiger charge is 2.35. The van der Waals surface area contributed by atoms with E-state index in [1.165, 1.54) is 4.90 Å². The number of hydrogen-bond donors (Lipinski definition) is 1. The second-order valence-corrected chi connectivity index (χ2v) is 7.84. The van der Waals surface area contributed by atoms with Crippen molar-refractivity contribution in [2.75, 3.05) is 18.5 Å². The summed E-state index contributed by atoms with van der Waals surface area (Å²) in [5.74, 6) is -0.00377. The maximum Gasteiger partial charge on any atom is 0.261 e. The molecule has 29 heavy (non-hydrogen) atoms. The number of amides is 3. The summed E-state index contributed by atoms with van der Waals surface area (Å²) < 4.78 is 6.34. The summed E-state index contributed by atoms with van der Waals surface area (Å²) in [6.45, 7) is 4.81. The van der Waals surface area contributed by atoms with Crippen LogP contribution in [-0.4, -0.2) is 35.8 Å². The minimum atomic E-state index is -0.315. The van der Waals surface area contributed by atoms with Crippen molar-refractivity contribution in [2.45, 2.75) is 33.1 Å².